The van der Waals surface area contributed by atoms with E-state index in [4.69, 9.17) is 0 Å². The van der Waals surface area contributed by atoms with E-state index in [0.29, 0.717) is 11.1 Å². The van der Waals surface area contributed by atoms with Gasteiger partial charge in [0.2, 0.25) is 0 Å². The second-order valence-electron chi connectivity index (χ2n) is 5.19. The van der Waals surface area contributed by atoms with Crippen molar-refractivity contribution in [2.24, 2.45) is 0 Å². The molecule has 24 heavy (non-hydrogen) atoms. The van der Waals surface area contributed by atoms with Crippen LogP contribution in [-0.4, -0.2) is 16.7 Å². The van der Waals surface area contributed by atoms with Gasteiger partial charge >= 0.3 is 0 Å². The molecule has 124 valence electrons. The lowest BCUT2D eigenvalue weighted by Crippen LogP contribution is -2.41. The fourth-order valence-corrected chi connectivity index (χ4v) is 2.23. The number of para-hydroxylation sites is 1. The Kier molecular flexibility index (Phi) is 5.26. The molecule has 7 heteroatoms. The number of nitrogens with zero attached hydrogens (tertiary/aromatic N) is 1. The Morgan fingerprint density at radius 2 is 1.67 bits per heavy atom. The third kappa shape index (κ3) is 3.75. The van der Waals surface area contributed by atoms with E-state index in [9.17, 15) is 19.7 Å². The monoisotopic (exact) mass is 327 g/mol. The van der Waals surface area contributed by atoms with Gasteiger partial charge in [-0.1, -0.05) is 31.2 Å². The predicted molar refractivity (Wildman–Crippen MR) is 88.6 cm³/mol. The quantitative estimate of drug-likeness (QED) is 0.665. The highest BCUT2D eigenvalue weighted by Gasteiger charge is 2.22. The third-order valence-electron chi connectivity index (χ3n) is 3.58. The number of hydrogen-bond donors (Lipinski definition) is 2. The van der Waals surface area contributed by atoms with Gasteiger partial charge in [0.05, 0.1) is 4.92 Å². The lowest BCUT2D eigenvalue weighted by atomic mass is 10.1. The summed E-state index contributed by atoms with van der Waals surface area (Å²) < 4.78 is 0. The van der Waals surface area contributed by atoms with Gasteiger partial charge in [-0.05, 0) is 37.1 Å². The minimum atomic E-state index is -0.746. The van der Waals surface area contributed by atoms with Crippen LogP contribution >= 0.6 is 0 Å². The summed E-state index contributed by atoms with van der Waals surface area (Å²) in [7, 11) is 0. The van der Waals surface area contributed by atoms with Crippen molar-refractivity contribution in [1.82, 2.24) is 10.9 Å². The predicted octanol–water partition coefficient (Wildman–Crippen LogP) is 2.54. The number of nitrogens with one attached hydrogen (secondary N) is 2. The van der Waals surface area contributed by atoms with Crippen molar-refractivity contribution in [1.29, 1.82) is 0 Å². The van der Waals surface area contributed by atoms with Crippen molar-refractivity contribution < 1.29 is 14.5 Å². The molecule has 2 amide bonds. The average Bonchev–Trinajstić information content (AvgIpc) is 2.58. The lowest BCUT2D eigenvalue weighted by molar-refractivity contribution is -0.385. The standard InChI is InChI=1S/C17H17N3O4/c1-3-12-7-9-13(10-8-12)16(21)18-19-17(22)14-6-4-5-11(2)15(14)20(23)24/h4-10H,3H2,1-2H3,(H,18,21)(H,19,22). The summed E-state index contributed by atoms with van der Waals surface area (Å²) in [5.41, 5.74) is 5.91. The first-order valence-electron chi connectivity index (χ1n) is 7.37. The van der Waals surface area contributed by atoms with Crippen LogP contribution in [0.2, 0.25) is 0 Å². The number of hydrazine groups is 1. The molecule has 2 aromatic rings. The topological polar surface area (TPSA) is 101 Å². The van der Waals surface area contributed by atoms with Gasteiger partial charge in [0.1, 0.15) is 5.56 Å². The normalized spacial score (nSPS) is 10.1. The maximum atomic E-state index is 12.1. The number of rotatable bonds is 4. The molecule has 0 aromatic heterocycles. The molecule has 0 saturated carbocycles. The fourth-order valence-electron chi connectivity index (χ4n) is 2.23. The molecule has 0 radical (unpaired) electrons. The van der Waals surface area contributed by atoms with Gasteiger partial charge in [0.15, 0.2) is 0 Å². The molecular weight excluding hydrogens is 310 g/mol. The summed E-state index contributed by atoms with van der Waals surface area (Å²) in [4.78, 5) is 34.6. The maximum Gasteiger partial charge on any atom is 0.285 e. The Bertz CT molecular complexity index is 785. The van der Waals surface area contributed by atoms with Crippen molar-refractivity contribution >= 4 is 17.5 Å². The highest BCUT2D eigenvalue weighted by atomic mass is 16.6. The molecule has 0 bridgehead atoms. The van der Waals surface area contributed by atoms with Crippen LogP contribution in [0.3, 0.4) is 0 Å². The molecule has 0 heterocycles. The van der Waals surface area contributed by atoms with Crippen LogP contribution in [0.4, 0.5) is 5.69 Å². The molecule has 0 fully saturated rings. The SMILES string of the molecule is CCc1ccc(C(=O)NNC(=O)c2cccc(C)c2[N+](=O)[O-])cc1. The molecule has 0 spiro atoms. The smallest absolute Gasteiger partial charge is 0.267 e. The number of aryl methyl sites for hydroxylation is 2. The van der Waals surface area contributed by atoms with Gasteiger partial charge in [0.25, 0.3) is 17.5 Å². The molecule has 2 rings (SSSR count). The van der Waals surface area contributed by atoms with Crippen LogP contribution in [-0.2, 0) is 6.42 Å². The maximum absolute atomic E-state index is 12.1. The highest BCUT2D eigenvalue weighted by Crippen LogP contribution is 2.22. The summed E-state index contributed by atoms with van der Waals surface area (Å²) in [6.07, 6.45) is 0.857. The molecule has 0 aliphatic carbocycles. The van der Waals surface area contributed by atoms with Crippen LogP contribution in [0.1, 0.15) is 38.8 Å². The van der Waals surface area contributed by atoms with Crippen molar-refractivity contribution in [3.63, 3.8) is 0 Å². The van der Waals surface area contributed by atoms with Crippen molar-refractivity contribution in [2.45, 2.75) is 20.3 Å². The molecule has 7 nitrogen and oxygen atoms in total. The van der Waals surface area contributed by atoms with Crippen LogP contribution < -0.4 is 10.9 Å². The number of carbonyl (C=O) groups excluding carboxylic acids is 2. The lowest BCUT2D eigenvalue weighted by Gasteiger charge is -2.09. The Morgan fingerprint density at radius 3 is 2.25 bits per heavy atom. The molecular formula is C17H17N3O4. The minimum absolute atomic E-state index is 0.110. The average molecular weight is 327 g/mol. The van der Waals surface area contributed by atoms with Crippen LogP contribution in [0.15, 0.2) is 42.5 Å². The summed E-state index contributed by atoms with van der Waals surface area (Å²) >= 11 is 0. The van der Waals surface area contributed by atoms with E-state index in [1.807, 2.05) is 19.1 Å². The van der Waals surface area contributed by atoms with Crippen LogP contribution in [0, 0.1) is 17.0 Å². The largest absolute Gasteiger partial charge is 0.285 e. The van der Waals surface area contributed by atoms with Gasteiger partial charge < -0.3 is 0 Å². The van der Waals surface area contributed by atoms with E-state index in [2.05, 4.69) is 10.9 Å². The zero-order valence-corrected chi connectivity index (χ0v) is 13.3. The summed E-state index contributed by atoms with van der Waals surface area (Å²) in [5, 5.41) is 11.1. The fraction of sp³-hybridized carbons (Fsp3) is 0.176. The molecule has 0 saturated heterocycles. The molecule has 2 N–H and O–H groups in total. The molecule has 0 atom stereocenters. The second kappa shape index (κ2) is 7.36. The first-order valence-corrected chi connectivity index (χ1v) is 7.37. The van der Waals surface area contributed by atoms with E-state index >= 15 is 0 Å². The van der Waals surface area contributed by atoms with Crippen molar-refractivity contribution in [3.05, 3.63) is 74.8 Å². The van der Waals surface area contributed by atoms with Crippen LogP contribution in [0.25, 0.3) is 0 Å². The van der Waals surface area contributed by atoms with Gasteiger partial charge in [0, 0.05) is 11.1 Å². The highest BCUT2D eigenvalue weighted by molar-refractivity contribution is 6.01. The first kappa shape index (κ1) is 17.1. The van der Waals surface area contributed by atoms with E-state index in [0.717, 1.165) is 12.0 Å². The molecule has 0 aliphatic rings. The second-order valence-corrected chi connectivity index (χ2v) is 5.19. The van der Waals surface area contributed by atoms with Gasteiger partial charge in [-0.15, -0.1) is 0 Å². The van der Waals surface area contributed by atoms with E-state index in [1.165, 1.54) is 6.07 Å². The minimum Gasteiger partial charge on any atom is -0.267 e. The number of carbonyl (C=O) groups is 2. The zero-order chi connectivity index (χ0) is 17.7. The zero-order valence-electron chi connectivity index (χ0n) is 13.3. The summed E-state index contributed by atoms with van der Waals surface area (Å²) in [6, 6.07) is 11.4. The molecule has 0 aliphatic heterocycles. The van der Waals surface area contributed by atoms with E-state index < -0.39 is 16.7 Å². The summed E-state index contributed by atoms with van der Waals surface area (Å²) in [6.45, 7) is 3.55. The number of benzene rings is 2. The third-order valence-corrected chi connectivity index (χ3v) is 3.58. The van der Waals surface area contributed by atoms with E-state index in [1.54, 1.807) is 31.2 Å². The van der Waals surface area contributed by atoms with Gasteiger partial charge in [-0.2, -0.15) is 0 Å². The van der Waals surface area contributed by atoms with Crippen molar-refractivity contribution in [2.75, 3.05) is 0 Å². The number of amides is 2. The van der Waals surface area contributed by atoms with Crippen LogP contribution in [0.5, 0.6) is 0 Å². The first-order chi connectivity index (χ1) is 11.4. The summed E-state index contributed by atoms with van der Waals surface area (Å²) in [5.74, 6) is -1.25. The van der Waals surface area contributed by atoms with Crippen molar-refractivity contribution in [3.8, 4) is 0 Å². The number of nitro benzene ring substituents is 1. The Morgan fingerprint density at radius 1 is 1.04 bits per heavy atom. The van der Waals surface area contributed by atoms with E-state index in [-0.39, 0.29) is 11.3 Å². The molecule has 0 unspecified atom stereocenters. The number of nitro groups is 1. The Balaban J connectivity index is 2.09. The van der Waals surface area contributed by atoms with Gasteiger partial charge in [-0.3, -0.25) is 30.6 Å². The van der Waals surface area contributed by atoms with Gasteiger partial charge in [-0.25, -0.2) is 0 Å². The Hall–Kier alpha value is -3.22. The Labute approximate surface area is 138 Å². The number of hydrogen-bond acceptors (Lipinski definition) is 4. The molecule has 2 aromatic carbocycles.